The Bertz CT molecular complexity index is 621. The lowest BCUT2D eigenvalue weighted by molar-refractivity contribution is 0.0995. The second kappa shape index (κ2) is 5.55. The van der Waals surface area contributed by atoms with E-state index in [2.05, 4.69) is 4.98 Å². The zero-order chi connectivity index (χ0) is 13.2. The number of hydrogen-bond donors (Lipinski definition) is 0. The number of hydrogen-bond acceptors (Lipinski definition) is 4. The lowest BCUT2D eigenvalue weighted by Gasteiger charge is -2.19. The molecule has 1 fully saturated rings. The minimum absolute atomic E-state index is 0.120. The third-order valence-corrected chi connectivity index (χ3v) is 5.98. The molecule has 0 saturated carbocycles. The summed E-state index contributed by atoms with van der Waals surface area (Å²) in [5.74, 6) is 3.44. The lowest BCUT2D eigenvalue weighted by Crippen LogP contribution is -2.24. The zero-order valence-corrected chi connectivity index (χ0v) is 12.4. The number of nitrogens with zero attached hydrogens (tertiary/aromatic N) is 1. The van der Waals surface area contributed by atoms with Crippen molar-refractivity contribution in [1.29, 1.82) is 0 Å². The van der Waals surface area contributed by atoms with Gasteiger partial charge in [-0.15, -0.1) is 11.8 Å². The molecule has 1 aromatic heterocycles. The highest BCUT2D eigenvalue weighted by molar-refractivity contribution is 8.07. The average molecular weight is 289 g/mol. The number of aromatic nitrogens is 1. The molecule has 1 saturated heterocycles. The first kappa shape index (κ1) is 13.0. The average Bonchev–Trinajstić information content (AvgIpc) is 2.47. The van der Waals surface area contributed by atoms with Crippen LogP contribution in [0.2, 0.25) is 0 Å². The SMILES string of the molecule is Cc1ccc2cc(C(=O)C3CSCCS3)ccc2n1. The first-order chi connectivity index (χ1) is 9.24. The van der Waals surface area contributed by atoms with Crippen LogP contribution < -0.4 is 0 Å². The molecule has 0 bridgehead atoms. The molecule has 2 nitrogen and oxygen atoms in total. The fraction of sp³-hybridized carbons (Fsp3) is 0.333. The molecule has 98 valence electrons. The number of Topliss-reactive ketones (excluding diaryl/α,β-unsaturated/α-hetero) is 1. The number of pyridine rings is 1. The quantitative estimate of drug-likeness (QED) is 0.791. The van der Waals surface area contributed by atoms with Crippen LogP contribution in [0.15, 0.2) is 30.3 Å². The van der Waals surface area contributed by atoms with Gasteiger partial charge < -0.3 is 0 Å². The van der Waals surface area contributed by atoms with Crippen molar-refractivity contribution in [1.82, 2.24) is 4.98 Å². The van der Waals surface area contributed by atoms with Gasteiger partial charge >= 0.3 is 0 Å². The molecule has 0 spiro atoms. The third-order valence-electron chi connectivity index (χ3n) is 3.22. The number of ketones is 1. The molecule has 0 radical (unpaired) electrons. The first-order valence-electron chi connectivity index (χ1n) is 6.35. The summed E-state index contributed by atoms with van der Waals surface area (Å²) in [7, 11) is 0. The Morgan fingerprint density at radius 1 is 1.26 bits per heavy atom. The van der Waals surface area contributed by atoms with Gasteiger partial charge in [-0.25, -0.2) is 0 Å². The number of fused-ring (bicyclic) bond motifs is 1. The van der Waals surface area contributed by atoms with Gasteiger partial charge in [0.1, 0.15) is 0 Å². The summed E-state index contributed by atoms with van der Waals surface area (Å²) in [6.45, 7) is 1.98. The van der Waals surface area contributed by atoms with Crippen LogP contribution in [-0.4, -0.2) is 33.3 Å². The summed E-state index contributed by atoms with van der Waals surface area (Å²) < 4.78 is 0. The maximum Gasteiger partial charge on any atom is 0.176 e. The van der Waals surface area contributed by atoms with Crippen LogP contribution in [0.25, 0.3) is 10.9 Å². The van der Waals surface area contributed by atoms with Crippen molar-refractivity contribution >= 4 is 40.2 Å². The Morgan fingerprint density at radius 2 is 2.16 bits per heavy atom. The van der Waals surface area contributed by atoms with Crippen molar-refractivity contribution < 1.29 is 4.79 Å². The first-order valence-corrected chi connectivity index (χ1v) is 8.55. The van der Waals surface area contributed by atoms with Crippen molar-refractivity contribution in [2.45, 2.75) is 12.2 Å². The molecule has 4 heteroatoms. The van der Waals surface area contributed by atoms with Crippen LogP contribution >= 0.6 is 23.5 Å². The molecular weight excluding hydrogens is 274 g/mol. The van der Waals surface area contributed by atoms with Crippen molar-refractivity contribution in [2.24, 2.45) is 0 Å². The molecule has 1 aromatic carbocycles. The highest BCUT2D eigenvalue weighted by Gasteiger charge is 2.23. The molecule has 19 heavy (non-hydrogen) atoms. The Hall–Kier alpha value is -1.00. The Labute approximate surface area is 121 Å². The Morgan fingerprint density at radius 3 is 2.95 bits per heavy atom. The van der Waals surface area contributed by atoms with E-state index in [9.17, 15) is 4.79 Å². The summed E-state index contributed by atoms with van der Waals surface area (Å²) in [6.07, 6.45) is 0. The van der Waals surface area contributed by atoms with Gasteiger partial charge in [0.05, 0.1) is 10.8 Å². The van der Waals surface area contributed by atoms with Gasteiger partial charge in [-0.1, -0.05) is 6.07 Å². The maximum atomic E-state index is 12.5. The van der Waals surface area contributed by atoms with Gasteiger partial charge in [-0.3, -0.25) is 9.78 Å². The number of carbonyl (C=O) groups excluding carboxylic acids is 1. The van der Waals surface area contributed by atoms with E-state index in [4.69, 9.17) is 0 Å². The molecule has 3 rings (SSSR count). The molecule has 0 aliphatic carbocycles. The predicted octanol–water partition coefficient (Wildman–Crippen LogP) is 3.57. The van der Waals surface area contributed by atoms with E-state index in [1.165, 1.54) is 0 Å². The monoisotopic (exact) mass is 289 g/mol. The molecule has 0 N–H and O–H groups in total. The van der Waals surface area contributed by atoms with Gasteiger partial charge in [-0.05, 0) is 31.2 Å². The summed E-state index contributed by atoms with van der Waals surface area (Å²) in [5, 5.41) is 1.17. The fourth-order valence-corrected chi connectivity index (χ4v) is 4.84. The second-order valence-electron chi connectivity index (χ2n) is 4.66. The van der Waals surface area contributed by atoms with Crippen LogP contribution in [0, 0.1) is 6.92 Å². The molecule has 1 aliphatic heterocycles. The molecule has 0 amide bonds. The third kappa shape index (κ3) is 2.79. The van der Waals surface area contributed by atoms with Crippen LogP contribution in [-0.2, 0) is 0 Å². The van der Waals surface area contributed by atoms with Crippen molar-refractivity contribution in [2.75, 3.05) is 17.3 Å². The molecule has 2 heterocycles. The molecule has 2 aromatic rings. The predicted molar refractivity (Wildman–Crippen MR) is 84.4 cm³/mol. The van der Waals surface area contributed by atoms with Gasteiger partial charge in [0.15, 0.2) is 5.78 Å². The molecular formula is C15H15NOS2. The number of benzene rings is 1. The lowest BCUT2D eigenvalue weighted by atomic mass is 10.1. The van der Waals surface area contributed by atoms with E-state index in [-0.39, 0.29) is 11.0 Å². The zero-order valence-electron chi connectivity index (χ0n) is 10.8. The highest BCUT2D eigenvalue weighted by Crippen LogP contribution is 2.27. The normalized spacial score (nSPS) is 19.5. The Kier molecular flexibility index (Phi) is 3.80. The van der Waals surface area contributed by atoms with Crippen LogP contribution in [0.5, 0.6) is 0 Å². The van der Waals surface area contributed by atoms with Gasteiger partial charge in [0, 0.05) is 33.9 Å². The van der Waals surface area contributed by atoms with Crippen LogP contribution in [0.4, 0.5) is 0 Å². The second-order valence-corrected chi connectivity index (χ2v) is 7.12. The Balaban J connectivity index is 1.92. The smallest absolute Gasteiger partial charge is 0.176 e. The maximum absolute atomic E-state index is 12.5. The number of thioether (sulfide) groups is 2. The van der Waals surface area contributed by atoms with Crippen LogP contribution in [0.1, 0.15) is 16.1 Å². The largest absolute Gasteiger partial charge is 0.293 e. The number of carbonyl (C=O) groups is 1. The summed E-state index contributed by atoms with van der Waals surface area (Å²) in [5.41, 5.74) is 2.78. The van der Waals surface area contributed by atoms with E-state index in [0.717, 1.165) is 39.4 Å². The van der Waals surface area contributed by atoms with Gasteiger partial charge in [0.2, 0.25) is 0 Å². The van der Waals surface area contributed by atoms with E-state index in [0.29, 0.717) is 0 Å². The van der Waals surface area contributed by atoms with Crippen molar-refractivity contribution in [3.63, 3.8) is 0 Å². The van der Waals surface area contributed by atoms with Crippen molar-refractivity contribution in [3.8, 4) is 0 Å². The van der Waals surface area contributed by atoms with Gasteiger partial charge in [-0.2, -0.15) is 11.8 Å². The highest BCUT2D eigenvalue weighted by atomic mass is 32.2. The van der Waals surface area contributed by atoms with E-state index >= 15 is 0 Å². The van der Waals surface area contributed by atoms with E-state index in [1.54, 1.807) is 11.8 Å². The fourth-order valence-electron chi connectivity index (χ4n) is 2.21. The summed E-state index contributed by atoms with van der Waals surface area (Å²) in [4.78, 5) is 16.9. The van der Waals surface area contributed by atoms with Crippen molar-refractivity contribution in [3.05, 3.63) is 41.6 Å². The summed E-state index contributed by atoms with van der Waals surface area (Å²) >= 11 is 3.67. The van der Waals surface area contributed by atoms with Crippen LogP contribution in [0.3, 0.4) is 0 Å². The van der Waals surface area contributed by atoms with E-state index < -0.39 is 0 Å². The molecule has 1 aliphatic rings. The standard InChI is InChI=1S/C15H15NOS2/c1-10-2-3-11-8-12(4-5-13(11)16-10)15(17)14-9-18-6-7-19-14/h2-5,8,14H,6-7,9H2,1H3. The minimum Gasteiger partial charge on any atom is -0.293 e. The molecule has 1 unspecified atom stereocenters. The van der Waals surface area contributed by atoms with E-state index in [1.807, 2.05) is 49.0 Å². The topological polar surface area (TPSA) is 30.0 Å². The number of aryl methyl sites for hydroxylation is 1. The molecule has 1 atom stereocenters. The van der Waals surface area contributed by atoms with Gasteiger partial charge in [0.25, 0.3) is 0 Å². The summed E-state index contributed by atoms with van der Waals surface area (Å²) in [6, 6.07) is 9.87. The minimum atomic E-state index is 0.120. The number of rotatable bonds is 2.